The molecule has 5 heteroatoms. The fourth-order valence-electron chi connectivity index (χ4n) is 4.98. The monoisotopic (exact) mass is 589 g/mol. The van der Waals surface area contributed by atoms with Gasteiger partial charge in [-0.3, -0.25) is 0 Å². The standard InChI is InChI=1S/C21H37I2NO2/c1-19(24-26)12-6-8-14-20(25,15-9-7-13-19)18-10-2-4-16-21(22,23)17-5-3-11-18/h18,25H,2-17H2,1H3. The molecule has 0 aromatic carbocycles. The van der Waals surface area contributed by atoms with Crippen molar-refractivity contribution in [2.75, 3.05) is 0 Å². The van der Waals surface area contributed by atoms with E-state index in [1.807, 2.05) is 6.92 Å². The molecular weight excluding hydrogens is 552 g/mol. The maximum atomic E-state index is 11.6. The van der Waals surface area contributed by atoms with Crippen LogP contribution in [0.15, 0.2) is 5.18 Å². The van der Waals surface area contributed by atoms with Crippen LogP contribution in [-0.4, -0.2) is 17.7 Å². The van der Waals surface area contributed by atoms with Crippen LogP contribution in [0.5, 0.6) is 0 Å². The smallest absolute Gasteiger partial charge is 0.0998 e. The van der Waals surface area contributed by atoms with E-state index in [-0.39, 0.29) is 5.54 Å². The van der Waals surface area contributed by atoms with E-state index < -0.39 is 5.60 Å². The molecule has 2 aliphatic carbocycles. The molecule has 0 bridgehead atoms. The van der Waals surface area contributed by atoms with Crippen molar-refractivity contribution in [3.8, 4) is 0 Å². The highest BCUT2D eigenvalue weighted by molar-refractivity contribution is 14.2. The molecule has 0 saturated heterocycles. The highest BCUT2D eigenvalue weighted by Gasteiger charge is 2.37. The number of nitrogens with zero attached hydrogens (tertiary/aromatic N) is 1. The molecule has 3 nitrogen and oxygen atoms in total. The molecule has 2 saturated carbocycles. The molecule has 0 heterocycles. The van der Waals surface area contributed by atoms with Crippen molar-refractivity contribution in [3.05, 3.63) is 4.91 Å². The van der Waals surface area contributed by atoms with E-state index in [1.165, 1.54) is 51.4 Å². The van der Waals surface area contributed by atoms with Crippen molar-refractivity contribution in [3.63, 3.8) is 0 Å². The first kappa shape index (κ1) is 23.3. The topological polar surface area (TPSA) is 49.7 Å². The molecule has 26 heavy (non-hydrogen) atoms. The Morgan fingerprint density at radius 2 is 1.19 bits per heavy atom. The Morgan fingerprint density at radius 3 is 1.65 bits per heavy atom. The van der Waals surface area contributed by atoms with Crippen molar-refractivity contribution in [1.29, 1.82) is 0 Å². The first-order valence-corrected chi connectivity index (χ1v) is 12.9. The highest BCUT2D eigenvalue weighted by atomic mass is 127. The highest BCUT2D eigenvalue weighted by Crippen LogP contribution is 2.43. The third-order valence-corrected chi connectivity index (χ3v) is 8.98. The summed E-state index contributed by atoms with van der Waals surface area (Å²) >= 11 is 5.29. The Morgan fingerprint density at radius 1 is 0.769 bits per heavy atom. The normalized spacial score (nSPS) is 36.2. The summed E-state index contributed by atoms with van der Waals surface area (Å²) in [4.78, 5) is 11.2. The van der Waals surface area contributed by atoms with E-state index in [0.717, 1.165) is 51.4 Å². The second-order valence-corrected chi connectivity index (χ2v) is 15.3. The Hall–Kier alpha value is 1.02. The van der Waals surface area contributed by atoms with Crippen molar-refractivity contribution >= 4 is 45.2 Å². The molecule has 2 aliphatic rings. The molecule has 152 valence electrons. The Labute approximate surface area is 187 Å². The van der Waals surface area contributed by atoms with Gasteiger partial charge >= 0.3 is 0 Å². The fraction of sp³-hybridized carbons (Fsp3) is 1.00. The summed E-state index contributed by atoms with van der Waals surface area (Å²) in [7, 11) is 0. The van der Waals surface area contributed by atoms with Gasteiger partial charge in [0.15, 0.2) is 0 Å². The zero-order valence-electron chi connectivity index (χ0n) is 16.4. The summed E-state index contributed by atoms with van der Waals surface area (Å²) in [5.74, 6) is 0.466. The average molecular weight is 589 g/mol. The molecule has 0 aliphatic heterocycles. The zero-order chi connectivity index (χ0) is 19.1. The number of alkyl halides is 2. The maximum absolute atomic E-state index is 11.6. The predicted octanol–water partition coefficient (Wildman–Crippen LogP) is 7.69. The molecule has 2 rings (SSSR count). The molecule has 0 amide bonds. The van der Waals surface area contributed by atoms with Crippen LogP contribution >= 0.6 is 45.2 Å². The summed E-state index contributed by atoms with van der Waals surface area (Å²) in [6.07, 6.45) is 17.8. The van der Waals surface area contributed by atoms with Crippen LogP contribution in [0, 0.1) is 10.8 Å². The maximum Gasteiger partial charge on any atom is 0.0998 e. The van der Waals surface area contributed by atoms with Gasteiger partial charge in [0.2, 0.25) is 0 Å². The molecule has 0 atom stereocenters. The predicted molar refractivity (Wildman–Crippen MR) is 127 cm³/mol. The van der Waals surface area contributed by atoms with Crippen LogP contribution in [-0.2, 0) is 0 Å². The van der Waals surface area contributed by atoms with E-state index in [2.05, 4.69) is 50.4 Å². The molecule has 0 unspecified atom stereocenters. The van der Waals surface area contributed by atoms with Crippen molar-refractivity contribution < 1.29 is 5.11 Å². The van der Waals surface area contributed by atoms with Gasteiger partial charge in [0.1, 0.15) is 0 Å². The Balaban J connectivity index is 1.96. The van der Waals surface area contributed by atoms with Crippen LogP contribution in [0.25, 0.3) is 0 Å². The van der Waals surface area contributed by atoms with Crippen LogP contribution < -0.4 is 0 Å². The van der Waals surface area contributed by atoms with E-state index in [0.29, 0.717) is 7.35 Å². The summed E-state index contributed by atoms with van der Waals surface area (Å²) in [5.41, 5.74) is -0.857. The van der Waals surface area contributed by atoms with Gasteiger partial charge < -0.3 is 5.11 Å². The van der Waals surface area contributed by atoms with Crippen molar-refractivity contribution in [2.45, 2.75) is 122 Å². The number of halogens is 2. The summed E-state index contributed by atoms with van der Waals surface area (Å²) < 4.78 is 0.439. The lowest BCUT2D eigenvalue weighted by Gasteiger charge is -2.39. The van der Waals surface area contributed by atoms with E-state index in [1.54, 1.807) is 0 Å². The van der Waals surface area contributed by atoms with Crippen LogP contribution in [0.3, 0.4) is 0 Å². The van der Waals surface area contributed by atoms with Crippen LogP contribution in [0.4, 0.5) is 0 Å². The molecule has 0 radical (unpaired) electrons. The lowest BCUT2D eigenvalue weighted by atomic mass is 9.72. The summed E-state index contributed by atoms with van der Waals surface area (Å²) in [5, 5.41) is 15.0. The Kier molecular flexibility index (Phi) is 9.59. The van der Waals surface area contributed by atoms with Crippen LogP contribution in [0.1, 0.15) is 110 Å². The quantitative estimate of drug-likeness (QED) is 0.204. The lowest BCUT2D eigenvalue weighted by molar-refractivity contribution is -0.0473. The SMILES string of the molecule is CC1(N=O)CCCCC(O)(C2CCCCC(I)(I)CCCC2)CCCC1. The van der Waals surface area contributed by atoms with E-state index in [4.69, 9.17) is 0 Å². The van der Waals surface area contributed by atoms with E-state index >= 15 is 0 Å². The minimum absolute atomic E-state index is 0.378. The van der Waals surface area contributed by atoms with Gasteiger partial charge in [-0.05, 0) is 64.2 Å². The number of hydrogen-bond acceptors (Lipinski definition) is 3. The van der Waals surface area contributed by atoms with Gasteiger partial charge in [0.25, 0.3) is 0 Å². The number of hydrogen-bond donors (Lipinski definition) is 1. The third kappa shape index (κ3) is 7.45. The van der Waals surface area contributed by atoms with Crippen molar-refractivity contribution in [1.82, 2.24) is 0 Å². The first-order chi connectivity index (χ1) is 12.3. The summed E-state index contributed by atoms with van der Waals surface area (Å²) in [6.45, 7) is 2.01. The number of nitroso groups, excluding NO2 is 1. The summed E-state index contributed by atoms with van der Waals surface area (Å²) in [6, 6.07) is 0. The second-order valence-electron chi connectivity index (χ2n) is 9.15. The van der Waals surface area contributed by atoms with Crippen molar-refractivity contribution in [2.24, 2.45) is 11.1 Å². The number of aliphatic hydroxyl groups is 1. The van der Waals surface area contributed by atoms with Crippen LogP contribution in [0.2, 0.25) is 0 Å². The first-order valence-electron chi connectivity index (χ1n) is 10.7. The average Bonchev–Trinajstić information content (AvgIpc) is 2.61. The van der Waals surface area contributed by atoms with Gasteiger partial charge in [0, 0.05) is 0 Å². The molecular formula is C21H37I2NO2. The molecule has 0 aromatic rings. The molecule has 2 fully saturated rings. The minimum atomic E-state index is -0.479. The molecule has 0 aromatic heterocycles. The largest absolute Gasteiger partial charge is 0.390 e. The van der Waals surface area contributed by atoms with Gasteiger partial charge in [-0.15, -0.1) is 0 Å². The van der Waals surface area contributed by atoms with Gasteiger partial charge in [-0.1, -0.05) is 102 Å². The second kappa shape index (κ2) is 10.7. The Bertz CT molecular complexity index is 416. The van der Waals surface area contributed by atoms with Gasteiger partial charge in [0.05, 0.1) is 12.6 Å². The van der Waals surface area contributed by atoms with Gasteiger partial charge in [-0.25, -0.2) is 0 Å². The minimum Gasteiger partial charge on any atom is -0.390 e. The molecule has 0 spiro atoms. The van der Waals surface area contributed by atoms with E-state index in [9.17, 15) is 10.0 Å². The third-order valence-electron chi connectivity index (χ3n) is 6.82. The van der Waals surface area contributed by atoms with Gasteiger partial charge in [-0.2, -0.15) is 4.91 Å². The lowest BCUT2D eigenvalue weighted by Crippen LogP contribution is -2.39. The zero-order valence-corrected chi connectivity index (χ0v) is 20.8. The fourth-order valence-corrected chi connectivity index (χ4v) is 6.50. The number of rotatable bonds is 2. The molecule has 1 N–H and O–H groups in total.